The van der Waals surface area contributed by atoms with E-state index in [4.69, 9.17) is 9.47 Å². The predicted molar refractivity (Wildman–Crippen MR) is 89.8 cm³/mol. The third kappa shape index (κ3) is 4.24. The molecule has 126 valence electrons. The number of likely N-dealkylation sites (tertiary alicyclic amines) is 1. The Labute approximate surface area is 137 Å². The van der Waals surface area contributed by atoms with Crippen molar-refractivity contribution in [3.63, 3.8) is 0 Å². The lowest BCUT2D eigenvalue weighted by molar-refractivity contribution is -0.119. The first kappa shape index (κ1) is 16.3. The van der Waals surface area contributed by atoms with Gasteiger partial charge in [0.25, 0.3) is 0 Å². The largest absolute Gasteiger partial charge is 0.494 e. The second-order valence-corrected chi connectivity index (χ2v) is 6.46. The van der Waals surface area contributed by atoms with E-state index >= 15 is 0 Å². The molecule has 3 rings (SSSR count). The number of nitrogens with zero attached hydrogens (tertiary/aromatic N) is 1. The van der Waals surface area contributed by atoms with E-state index in [1.807, 2.05) is 24.3 Å². The fourth-order valence-electron chi connectivity index (χ4n) is 3.69. The number of benzene rings is 1. The molecular formula is C18H26N2O3. The van der Waals surface area contributed by atoms with Crippen molar-refractivity contribution < 1.29 is 14.3 Å². The van der Waals surface area contributed by atoms with Gasteiger partial charge in [-0.15, -0.1) is 0 Å². The molecule has 1 saturated heterocycles. The SMILES string of the molecule is COCC(=O)Nc1ccc(OCCCN2C[C@H]3CCC[C@H]32)cc1. The first-order valence-electron chi connectivity index (χ1n) is 8.52. The Bertz CT molecular complexity index is 518. The Balaban J connectivity index is 1.33. The minimum Gasteiger partial charge on any atom is -0.494 e. The maximum atomic E-state index is 11.4. The predicted octanol–water partition coefficient (Wildman–Crippen LogP) is 2.52. The van der Waals surface area contributed by atoms with E-state index in [0.717, 1.165) is 43.0 Å². The highest BCUT2D eigenvalue weighted by atomic mass is 16.5. The normalized spacial score (nSPS) is 23.2. The maximum absolute atomic E-state index is 11.4. The quantitative estimate of drug-likeness (QED) is 0.748. The number of rotatable bonds is 8. The Morgan fingerprint density at radius 1 is 1.30 bits per heavy atom. The highest BCUT2D eigenvalue weighted by Gasteiger charge is 2.41. The van der Waals surface area contributed by atoms with Crippen LogP contribution in [0.2, 0.25) is 0 Å². The zero-order chi connectivity index (χ0) is 16.1. The molecule has 1 aliphatic heterocycles. The summed E-state index contributed by atoms with van der Waals surface area (Å²) in [6, 6.07) is 8.34. The van der Waals surface area contributed by atoms with Gasteiger partial charge in [-0.25, -0.2) is 0 Å². The van der Waals surface area contributed by atoms with Gasteiger partial charge in [-0.3, -0.25) is 9.69 Å². The van der Waals surface area contributed by atoms with Gasteiger partial charge >= 0.3 is 0 Å². The van der Waals surface area contributed by atoms with Crippen molar-refractivity contribution in [3.05, 3.63) is 24.3 Å². The van der Waals surface area contributed by atoms with Crippen molar-refractivity contribution in [2.45, 2.75) is 31.7 Å². The Morgan fingerprint density at radius 3 is 2.87 bits per heavy atom. The van der Waals surface area contributed by atoms with Crippen molar-refractivity contribution in [1.82, 2.24) is 4.90 Å². The van der Waals surface area contributed by atoms with Crippen LogP contribution in [-0.4, -0.2) is 50.3 Å². The minimum atomic E-state index is -0.152. The number of methoxy groups -OCH3 is 1. The number of carbonyl (C=O) groups excluding carboxylic acids is 1. The summed E-state index contributed by atoms with van der Waals surface area (Å²) in [5.41, 5.74) is 0.757. The molecule has 0 radical (unpaired) electrons. The monoisotopic (exact) mass is 318 g/mol. The zero-order valence-corrected chi connectivity index (χ0v) is 13.8. The summed E-state index contributed by atoms with van der Waals surface area (Å²) in [6.07, 6.45) is 5.30. The van der Waals surface area contributed by atoms with E-state index in [0.29, 0.717) is 0 Å². The van der Waals surface area contributed by atoms with Gasteiger partial charge in [0.05, 0.1) is 6.61 Å². The first-order chi connectivity index (χ1) is 11.3. The van der Waals surface area contributed by atoms with Crippen LogP contribution in [0.25, 0.3) is 0 Å². The van der Waals surface area contributed by atoms with Gasteiger partial charge in [-0.2, -0.15) is 0 Å². The van der Waals surface area contributed by atoms with Crippen molar-refractivity contribution >= 4 is 11.6 Å². The molecule has 1 aromatic carbocycles. The van der Waals surface area contributed by atoms with Crippen LogP contribution in [0.1, 0.15) is 25.7 Å². The molecule has 0 spiro atoms. The van der Waals surface area contributed by atoms with Crippen molar-refractivity contribution in [3.8, 4) is 5.75 Å². The van der Waals surface area contributed by atoms with Crippen molar-refractivity contribution in [2.24, 2.45) is 5.92 Å². The summed E-state index contributed by atoms with van der Waals surface area (Å²) < 4.78 is 10.6. The highest BCUT2D eigenvalue weighted by molar-refractivity contribution is 5.91. The van der Waals surface area contributed by atoms with E-state index in [1.165, 1.54) is 32.9 Å². The van der Waals surface area contributed by atoms with Crippen molar-refractivity contribution in [2.75, 3.05) is 38.7 Å². The summed E-state index contributed by atoms with van der Waals surface area (Å²) in [6.45, 7) is 3.24. The molecule has 0 bridgehead atoms. The van der Waals surface area contributed by atoms with Crippen molar-refractivity contribution in [1.29, 1.82) is 0 Å². The van der Waals surface area contributed by atoms with E-state index in [1.54, 1.807) is 0 Å². The van der Waals surface area contributed by atoms with Crippen LogP contribution in [-0.2, 0) is 9.53 Å². The number of nitrogens with one attached hydrogen (secondary N) is 1. The lowest BCUT2D eigenvalue weighted by atomic mass is 9.92. The Hall–Kier alpha value is -1.59. The number of hydrogen-bond donors (Lipinski definition) is 1. The van der Waals surface area contributed by atoms with Gasteiger partial charge in [0.15, 0.2) is 0 Å². The van der Waals surface area contributed by atoms with Gasteiger partial charge in [0, 0.05) is 31.9 Å². The molecule has 5 heteroatoms. The van der Waals surface area contributed by atoms with Gasteiger partial charge in [0.1, 0.15) is 12.4 Å². The number of carbonyl (C=O) groups is 1. The standard InChI is InChI=1S/C18H26N2O3/c1-22-13-18(21)19-15-6-8-16(9-7-15)23-11-3-10-20-12-14-4-2-5-17(14)20/h6-9,14,17H,2-5,10-13H2,1H3,(H,19,21)/t14-,17-/m1/s1. The molecule has 2 fully saturated rings. The van der Waals surface area contributed by atoms with E-state index < -0.39 is 0 Å². The fraction of sp³-hybridized carbons (Fsp3) is 0.611. The zero-order valence-electron chi connectivity index (χ0n) is 13.8. The second-order valence-electron chi connectivity index (χ2n) is 6.46. The molecule has 1 aromatic rings. The van der Waals surface area contributed by atoms with Gasteiger partial charge in [-0.05, 0) is 49.4 Å². The van der Waals surface area contributed by atoms with Crippen LogP contribution in [0.3, 0.4) is 0 Å². The number of ether oxygens (including phenoxy) is 2. The van der Waals surface area contributed by atoms with Crippen LogP contribution in [0.15, 0.2) is 24.3 Å². The Kier molecular flexibility index (Phi) is 5.51. The molecular weight excluding hydrogens is 292 g/mol. The number of hydrogen-bond acceptors (Lipinski definition) is 4. The molecule has 1 heterocycles. The third-order valence-electron chi connectivity index (χ3n) is 4.83. The molecule has 1 amide bonds. The van der Waals surface area contributed by atoms with Gasteiger partial charge < -0.3 is 14.8 Å². The molecule has 5 nitrogen and oxygen atoms in total. The fourth-order valence-corrected chi connectivity index (χ4v) is 3.69. The smallest absolute Gasteiger partial charge is 0.250 e. The summed E-state index contributed by atoms with van der Waals surface area (Å²) in [5, 5.41) is 2.76. The van der Waals surface area contributed by atoms with E-state index in [9.17, 15) is 4.79 Å². The van der Waals surface area contributed by atoms with E-state index in [-0.39, 0.29) is 12.5 Å². The van der Waals surface area contributed by atoms with E-state index in [2.05, 4.69) is 10.2 Å². The lowest BCUT2D eigenvalue weighted by Crippen LogP contribution is -2.53. The topological polar surface area (TPSA) is 50.8 Å². The molecule has 1 saturated carbocycles. The summed E-state index contributed by atoms with van der Waals surface area (Å²) in [4.78, 5) is 14.0. The second kappa shape index (κ2) is 7.79. The minimum absolute atomic E-state index is 0.0661. The third-order valence-corrected chi connectivity index (χ3v) is 4.83. The summed E-state index contributed by atoms with van der Waals surface area (Å²) in [7, 11) is 1.50. The number of anilines is 1. The Morgan fingerprint density at radius 2 is 2.13 bits per heavy atom. The molecule has 2 atom stereocenters. The average molecular weight is 318 g/mol. The van der Waals surface area contributed by atoms with Crippen LogP contribution in [0.4, 0.5) is 5.69 Å². The van der Waals surface area contributed by atoms with Crippen LogP contribution < -0.4 is 10.1 Å². The highest BCUT2D eigenvalue weighted by Crippen LogP contribution is 2.38. The molecule has 0 unspecified atom stereocenters. The number of fused-ring (bicyclic) bond motifs is 1. The maximum Gasteiger partial charge on any atom is 0.250 e. The number of amides is 1. The van der Waals surface area contributed by atoms with Crippen LogP contribution in [0, 0.1) is 5.92 Å². The summed E-state index contributed by atoms with van der Waals surface area (Å²) in [5.74, 6) is 1.68. The first-order valence-corrected chi connectivity index (χ1v) is 8.52. The van der Waals surface area contributed by atoms with Gasteiger partial charge in [-0.1, -0.05) is 6.42 Å². The molecule has 23 heavy (non-hydrogen) atoms. The molecule has 0 aromatic heterocycles. The molecule has 1 N–H and O–H groups in total. The molecule has 1 aliphatic carbocycles. The van der Waals surface area contributed by atoms with Crippen LogP contribution in [0.5, 0.6) is 5.75 Å². The molecule has 2 aliphatic rings. The van der Waals surface area contributed by atoms with Crippen LogP contribution >= 0.6 is 0 Å². The lowest BCUT2D eigenvalue weighted by Gasteiger charge is -2.44. The van der Waals surface area contributed by atoms with Gasteiger partial charge in [0.2, 0.25) is 5.91 Å². The average Bonchev–Trinajstić information content (AvgIpc) is 2.90. The summed E-state index contributed by atoms with van der Waals surface area (Å²) >= 11 is 0.